The number of fused-ring (bicyclic) bond motifs is 1. The van der Waals surface area contributed by atoms with Gasteiger partial charge < -0.3 is 14.5 Å². The molecule has 0 aliphatic heterocycles. The number of aromatic nitrogens is 1. The van der Waals surface area contributed by atoms with E-state index in [9.17, 15) is 9.59 Å². The molecule has 0 aliphatic carbocycles. The molecule has 0 spiro atoms. The maximum Gasteiger partial charge on any atom is 0.338 e. The predicted octanol–water partition coefficient (Wildman–Crippen LogP) is 3.24. The molecule has 6 nitrogen and oxygen atoms in total. The number of ether oxygens (including phenoxy) is 1. The summed E-state index contributed by atoms with van der Waals surface area (Å²) in [5.41, 5.74) is 4.21. The highest BCUT2D eigenvalue weighted by Crippen LogP contribution is 2.18. The number of carbonyl (C=O) groups is 2. The van der Waals surface area contributed by atoms with Crippen LogP contribution in [0.4, 0.5) is 5.69 Å². The topological polar surface area (TPSA) is 81.4 Å². The van der Waals surface area contributed by atoms with Crippen LogP contribution in [0, 0.1) is 13.8 Å². The molecule has 0 bridgehead atoms. The number of nitrogens with one attached hydrogen (secondary N) is 1. The van der Waals surface area contributed by atoms with E-state index in [4.69, 9.17) is 9.15 Å². The van der Waals surface area contributed by atoms with E-state index < -0.39 is 11.9 Å². The van der Waals surface area contributed by atoms with Crippen molar-refractivity contribution in [1.82, 2.24) is 4.98 Å². The predicted molar refractivity (Wildman–Crippen MR) is 88.8 cm³/mol. The first-order valence-electron chi connectivity index (χ1n) is 7.41. The lowest BCUT2D eigenvalue weighted by molar-refractivity contribution is -0.119. The number of hydrogen-bond acceptors (Lipinski definition) is 5. The van der Waals surface area contributed by atoms with E-state index in [0.29, 0.717) is 22.4 Å². The summed E-state index contributed by atoms with van der Waals surface area (Å²) in [6, 6.07) is 10.4. The highest BCUT2D eigenvalue weighted by Gasteiger charge is 2.13. The number of hydrogen-bond donors (Lipinski definition) is 1. The number of aryl methyl sites for hydroxylation is 1. The van der Waals surface area contributed by atoms with Crippen LogP contribution in [0.15, 0.2) is 47.2 Å². The Balaban J connectivity index is 1.61. The quantitative estimate of drug-likeness (QED) is 0.745. The summed E-state index contributed by atoms with van der Waals surface area (Å²) in [5, 5.41) is 2.74. The summed E-state index contributed by atoms with van der Waals surface area (Å²) in [5.74, 6) is -0.984. The zero-order valence-electron chi connectivity index (χ0n) is 13.3. The number of rotatable bonds is 4. The van der Waals surface area contributed by atoms with Gasteiger partial charge in [0.05, 0.1) is 5.56 Å². The molecular formula is C18H16N2O4. The molecule has 24 heavy (non-hydrogen) atoms. The number of esters is 1. The molecule has 3 aromatic rings. The Morgan fingerprint density at radius 3 is 2.88 bits per heavy atom. The Hall–Kier alpha value is -3.15. The zero-order chi connectivity index (χ0) is 17.1. The standard InChI is InChI=1S/C18H16N2O4/c1-11-4-3-5-14(12(11)2)20-17(21)9-23-18(22)13-6-7-15-16(8-13)24-10-19-15/h3-8,10H,9H2,1-2H3,(H,20,21). The molecule has 0 saturated heterocycles. The van der Waals surface area contributed by atoms with E-state index in [1.807, 2.05) is 26.0 Å². The minimum absolute atomic E-state index is 0.304. The van der Waals surface area contributed by atoms with Gasteiger partial charge in [0.25, 0.3) is 5.91 Å². The molecule has 1 aromatic heterocycles. The van der Waals surface area contributed by atoms with Gasteiger partial charge in [0.15, 0.2) is 18.6 Å². The normalized spacial score (nSPS) is 10.6. The van der Waals surface area contributed by atoms with E-state index in [0.717, 1.165) is 11.1 Å². The molecule has 2 aromatic carbocycles. The number of amides is 1. The second-order valence-corrected chi connectivity index (χ2v) is 5.41. The first-order chi connectivity index (χ1) is 11.5. The molecule has 6 heteroatoms. The van der Waals surface area contributed by atoms with Gasteiger partial charge >= 0.3 is 5.97 Å². The van der Waals surface area contributed by atoms with Crippen LogP contribution in [-0.4, -0.2) is 23.5 Å². The fourth-order valence-electron chi connectivity index (χ4n) is 2.27. The molecule has 0 unspecified atom stereocenters. The molecule has 0 atom stereocenters. The third kappa shape index (κ3) is 3.27. The molecule has 122 valence electrons. The van der Waals surface area contributed by atoms with Crippen LogP contribution in [0.1, 0.15) is 21.5 Å². The van der Waals surface area contributed by atoms with E-state index in [2.05, 4.69) is 10.3 Å². The largest absolute Gasteiger partial charge is 0.452 e. The minimum atomic E-state index is -0.593. The molecular weight excluding hydrogens is 308 g/mol. The second kappa shape index (κ2) is 6.54. The van der Waals surface area contributed by atoms with Crippen molar-refractivity contribution in [3.05, 3.63) is 59.5 Å². The number of oxazole rings is 1. The van der Waals surface area contributed by atoms with Gasteiger partial charge in [-0.1, -0.05) is 12.1 Å². The minimum Gasteiger partial charge on any atom is -0.452 e. The number of anilines is 1. The Bertz CT molecular complexity index is 914. The van der Waals surface area contributed by atoms with E-state index >= 15 is 0 Å². The van der Waals surface area contributed by atoms with Crippen LogP contribution in [0.25, 0.3) is 11.1 Å². The van der Waals surface area contributed by atoms with Gasteiger partial charge in [0.1, 0.15) is 5.52 Å². The average Bonchev–Trinajstić information content (AvgIpc) is 3.04. The Morgan fingerprint density at radius 1 is 1.21 bits per heavy atom. The Kier molecular flexibility index (Phi) is 4.29. The van der Waals surface area contributed by atoms with Crippen molar-refractivity contribution >= 4 is 28.7 Å². The molecule has 0 radical (unpaired) electrons. The van der Waals surface area contributed by atoms with Gasteiger partial charge in [-0.25, -0.2) is 9.78 Å². The highest BCUT2D eigenvalue weighted by atomic mass is 16.5. The Morgan fingerprint density at radius 2 is 2.04 bits per heavy atom. The fourth-order valence-corrected chi connectivity index (χ4v) is 2.27. The second-order valence-electron chi connectivity index (χ2n) is 5.41. The van der Waals surface area contributed by atoms with Crippen molar-refractivity contribution in [3.8, 4) is 0 Å². The first-order valence-corrected chi connectivity index (χ1v) is 7.41. The van der Waals surface area contributed by atoms with Crippen molar-refractivity contribution in [2.45, 2.75) is 13.8 Å². The molecule has 0 saturated carbocycles. The van der Waals surface area contributed by atoms with Gasteiger partial charge in [-0.3, -0.25) is 4.79 Å². The van der Waals surface area contributed by atoms with Crippen LogP contribution in [0.2, 0.25) is 0 Å². The zero-order valence-corrected chi connectivity index (χ0v) is 13.3. The summed E-state index contributed by atoms with van der Waals surface area (Å²) in [6.45, 7) is 3.52. The summed E-state index contributed by atoms with van der Waals surface area (Å²) in [4.78, 5) is 28.0. The molecule has 3 rings (SSSR count). The maximum atomic E-state index is 12.0. The van der Waals surface area contributed by atoms with Crippen LogP contribution in [0.5, 0.6) is 0 Å². The third-order valence-electron chi connectivity index (χ3n) is 3.78. The fraction of sp³-hybridized carbons (Fsp3) is 0.167. The third-order valence-corrected chi connectivity index (χ3v) is 3.78. The van der Waals surface area contributed by atoms with Gasteiger partial charge in [0.2, 0.25) is 0 Å². The van der Waals surface area contributed by atoms with Crippen molar-refractivity contribution in [3.63, 3.8) is 0 Å². The van der Waals surface area contributed by atoms with Crippen LogP contribution >= 0.6 is 0 Å². The number of nitrogens with zero attached hydrogens (tertiary/aromatic N) is 1. The first kappa shape index (κ1) is 15.7. The summed E-state index contributed by atoms with van der Waals surface area (Å²) in [7, 11) is 0. The van der Waals surface area contributed by atoms with Crippen molar-refractivity contribution in [2.24, 2.45) is 0 Å². The lowest BCUT2D eigenvalue weighted by Crippen LogP contribution is -2.21. The number of benzene rings is 2. The number of carbonyl (C=O) groups excluding carboxylic acids is 2. The summed E-state index contributed by atoms with van der Waals surface area (Å²) in [6.07, 6.45) is 1.30. The van der Waals surface area contributed by atoms with Gasteiger partial charge in [-0.2, -0.15) is 0 Å². The van der Waals surface area contributed by atoms with Crippen molar-refractivity contribution in [1.29, 1.82) is 0 Å². The van der Waals surface area contributed by atoms with Crippen LogP contribution in [0.3, 0.4) is 0 Å². The highest BCUT2D eigenvalue weighted by molar-refractivity contribution is 5.97. The van der Waals surface area contributed by atoms with E-state index in [-0.39, 0.29) is 6.61 Å². The molecule has 0 fully saturated rings. The van der Waals surface area contributed by atoms with Crippen molar-refractivity contribution in [2.75, 3.05) is 11.9 Å². The van der Waals surface area contributed by atoms with E-state index in [1.165, 1.54) is 12.5 Å². The van der Waals surface area contributed by atoms with Crippen molar-refractivity contribution < 1.29 is 18.7 Å². The van der Waals surface area contributed by atoms with Crippen LogP contribution in [-0.2, 0) is 9.53 Å². The summed E-state index contributed by atoms with van der Waals surface area (Å²) >= 11 is 0. The lowest BCUT2D eigenvalue weighted by atomic mass is 10.1. The molecule has 1 amide bonds. The average molecular weight is 324 g/mol. The summed E-state index contributed by atoms with van der Waals surface area (Å²) < 4.78 is 10.2. The lowest BCUT2D eigenvalue weighted by Gasteiger charge is -2.10. The smallest absolute Gasteiger partial charge is 0.338 e. The monoisotopic (exact) mass is 324 g/mol. The van der Waals surface area contributed by atoms with E-state index in [1.54, 1.807) is 18.2 Å². The molecule has 1 heterocycles. The molecule has 0 aliphatic rings. The SMILES string of the molecule is Cc1cccc(NC(=O)COC(=O)c2ccc3ncoc3c2)c1C. The Labute approximate surface area is 138 Å². The van der Waals surface area contributed by atoms with Gasteiger partial charge in [-0.15, -0.1) is 0 Å². The maximum absolute atomic E-state index is 12.0. The van der Waals surface area contributed by atoms with Gasteiger partial charge in [-0.05, 0) is 49.2 Å². The van der Waals surface area contributed by atoms with Gasteiger partial charge in [0, 0.05) is 5.69 Å². The molecule has 1 N–H and O–H groups in total. The van der Waals surface area contributed by atoms with Crippen LogP contribution < -0.4 is 5.32 Å².